The van der Waals surface area contributed by atoms with Crippen molar-refractivity contribution >= 4 is 21.6 Å². The number of carbonyl (C=O) groups is 1. The fourth-order valence-corrected chi connectivity index (χ4v) is 2.50. The Hall–Kier alpha value is -1.67. The molecule has 5 N–H and O–H groups in total. The maximum atomic E-state index is 13.0. The summed E-state index contributed by atoms with van der Waals surface area (Å²) in [5.74, 6) is -1.21. The number of nitrogens with two attached hydrogens (primary N) is 2. The van der Waals surface area contributed by atoms with Gasteiger partial charge in [-0.2, -0.15) is 0 Å². The Kier molecular flexibility index (Phi) is 4.62. The fraction of sp³-hybridized carbons (Fsp3) is 0.300. The zero-order valence-electron chi connectivity index (χ0n) is 9.52. The number of hydrogen-bond acceptors (Lipinski definition) is 4. The molecule has 0 unspecified atom stereocenters. The van der Waals surface area contributed by atoms with Crippen molar-refractivity contribution in [2.75, 3.05) is 12.3 Å². The van der Waals surface area contributed by atoms with Crippen LogP contribution in [0.5, 0.6) is 0 Å². The first-order valence-corrected chi connectivity index (χ1v) is 6.64. The van der Waals surface area contributed by atoms with Crippen molar-refractivity contribution in [2.24, 2.45) is 5.73 Å². The fourth-order valence-electron chi connectivity index (χ4n) is 1.29. The summed E-state index contributed by atoms with van der Waals surface area (Å²) in [5.41, 5.74) is 10.3. The van der Waals surface area contributed by atoms with Crippen molar-refractivity contribution in [1.82, 2.24) is 4.72 Å². The standard InChI is InChI=1S/C10H14FN3O3S/c11-7-3-4-8(12)9(6-7)18(16,17)14-5-1-2-10(13)15/h3-4,6,14H,1-2,5,12H2,(H2,13,15). The van der Waals surface area contributed by atoms with Crippen LogP contribution in [0.4, 0.5) is 10.1 Å². The largest absolute Gasteiger partial charge is 0.398 e. The molecule has 18 heavy (non-hydrogen) atoms. The minimum absolute atomic E-state index is 0.0290. The molecule has 1 aromatic carbocycles. The monoisotopic (exact) mass is 275 g/mol. The molecule has 0 spiro atoms. The van der Waals surface area contributed by atoms with Crippen LogP contribution in [0.1, 0.15) is 12.8 Å². The van der Waals surface area contributed by atoms with E-state index in [2.05, 4.69) is 4.72 Å². The molecule has 1 aromatic rings. The van der Waals surface area contributed by atoms with Crippen LogP contribution in [-0.4, -0.2) is 20.9 Å². The lowest BCUT2D eigenvalue weighted by Gasteiger charge is -2.08. The minimum atomic E-state index is -3.88. The van der Waals surface area contributed by atoms with Crippen LogP contribution in [0.3, 0.4) is 0 Å². The topological polar surface area (TPSA) is 115 Å². The summed E-state index contributed by atoms with van der Waals surface area (Å²) < 4.78 is 38.7. The second-order valence-corrected chi connectivity index (χ2v) is 5.39. The van der Waals surface area contributed by atoms with Gasteiger partial charge in [-0.05, 0) is 24.6 Å². The number of benzene rings is 1. The van der Waals surface area contributed by atoms with Gasteiger partial charge in [-0.1, -0.05) is 0 Å². The Morgan fingerprint density at radius 1 is 1.39 bits per heavy atom. The van der Waals surface area contributed by atoms with Crippen LogP contribution < -0.4 is 16.2 Å². The molecule has 1 rings (SSSR count). The quantitative estimate of drug-likeness (QED) is 0.498. The number of amides is 1. The Morgan fingerprint density at radius 3 is 2.67 bits per heavy atom. The lowest BCUT2D eigenvalue weighted by atomic mass is 10.3. The van der Waals surface area contributed by atoms with Crippen molar-refractivity contribution in [3.05, 3.63) is 24.0 Å². The van der Waals surface area contributed by atoms with Gasteiger partial charge in [-0.25, -0.2) is 17.5 Å². The Morgan fingerprint density at radius 2 is 2.06 bits per heavy atom. The number of nitrogen functional groups attached to an aromatic ring is 1. The molecule has 0 saturated carbocycles. The van der Waals surface area contributed by atoms with Crippen LogP contribution in [0.2, 0.25) is 0 Å². The third-order valence-corrected chi connectivity index (χ3v) is 3.67. The third kappa shape index (κ3) is 3.97. The minimum Gasteiger partial charge on any atom is -0.398 e. The molecule has 0 heterocycles. The van der Waals surface area contributed by atoms with Gasteiger partial charge in [0.15, 0.2) is 0 Å². The van der Waals surface area contributed by atoms with E-state index in [1.165, 1.54) is 6.07 Å². The van der Waals surface area contributed by atoms with Crippen LogP contribution in [-0.2, 0) is 14.8 Å². The lowest BCUT2D eigenvalue weighted by molar-refractivity contribution is -0.118. The first kappa shape index (κ1) is 14.4. The Labute approximate surface area is 104 Å². The molecular formula is C10H14FN3O3S. The second-order valence-electron chi connectivity index (χ2n) is 3.65. The van der Waals surface area contributed by atoms with E-state index in [0.29, 0.717) is 0 Å². The first-order chi connectivity index (χ1) is 8.33. The number of hydrogen-bond donors (Lipinski definition) is 3. The van der Waals surface area contributed by atoms with E-state index in [1.54, 1.807) is 0 Å². The summed E-state index contributed by atoms with van der Waals surface area (Å²) in [6.07, 6.45) is 0.338. The van der Waals surface area contributed by atoms with E-state index >= 15 is 0 Å². The molecule has 0 bridgehead atoms. The van der Waals surface area contributed by atoms with Crippen molar-refractivity contribution in [3.8, 4) is 0 Å². The van der Waals surface area contributed by atoms with Gasteiger partial charge in [0, 0.05) is 13.0 Å². The highest BCUT2D eigenvalue weighted by Gasteiger charge is 2.17. The van der Waals surface area contributed by atoms with Gasteiger partial charge >= 0.3 is 0 Å². The van der Waals surface area contributed by atoms with Gasteiger partial charge in [-0.3, -0.25) is 4.79 Å². The summed E-state index contributed by atoms with van der Waals surface area (Å²) in [4.78, 5) is 10.1. The number of sulfonamides is 1. The van der Waals surface area contributed by atoms with E-state index in [1.807, 2.05) is 0 Å². The van der Waals surface area contributed by atoms with Crippen LogP contribution in [0, 0.1) is 5.82 Å². The molecule has 0 atom stereocenters. The zero-order valence-corrected chi connectivity index (χ0v) is 10.3. The summed E-state index contributed by atoms with van der Waals surface area (Å²) in [6.45, 7) is 0.0290. The van der Waals surface area contributed by atoms with Gasteiger partial charge in [0.1, 0.15) is 10.7 Å². The van der Waals surface area contributed by atoms with Gasteiger partial charge < -0.3 is 11.5 Å². The summed E-state index contributed by atoms with van der Waals surface area (Å²) in [7, 11) is -3.88. The summed E-state index contributed by atoms with van der Waals surface area (Å²) >= 11 is 0. The Bertz CT molecular complexity index is 545. The highest BCUT2D eigenvalue weighted by atomic mass is 32.2. The molecule has 100 valence electrons. The van der Waals surface area contributed by atoms with Gasteiger partial charge in [-0.15, -0.1) is 0 Å². The number of anilines is 1. The second kappa shape index (κ2) is 5.78. The molecule has 0 aromatic heterocycles. The van der Waals surface area contributed by atoms with E-state index in [9.17, 15) is 17.6 Å². The molecule has 6 nitrogen and oxygen atoms in total. The van der Waals surface area contributed by atoms with Gasteiger partial charge in [0.05, 0.1) is 5.69 Å². The number of primary amides is 1. The van der Waals surface area contributed by atoms with Crippen molar-refractivity contribution < 1.29 is 17.6 Å². The van der Waals surface area contributed by atoms with E-state index in [-0.39, 0.29) is 30.0 Å². The normalized spacial score (nSPS) is 11.4. The van der Waals surface area contributed by atoms with Crippen LogP contribution in [0.15, 0.2) is 23.1 Å². The van der Waals surface area contributed by atoms with Crippen molar-refractivity contribution in [1.29, 1.82) is 0 Å². The van der Waals surface area contributed by atoms with Crippen molar-refractivity contribution in [2.45, 2.75) is 17.7 Å². The average Bonchev–Trinajstić information content (AvgIpc) is 2.27. The third-order valence-electron chi connectivity index (χ3n) is 2.16. The number of rotatable bonds is 6. The summed E-state index contributed by atoms with van der Waals surface area (Å²) in [6, 6.07) is 3.08. The van der Waals surface area contributed by atoms with Crippen molar-refractivity contribution in [3.63, 3.8) is 0 Å². The van der Waals surface area contributed by atoms with E-state index in [0.717, 1.165) is 12.1 Å². The summed E-state index contributed by atoms with van der Waals surface area (Å²) in [5, 5.41) is 0. The highest BCUT2D eigenvalue weighted by Crippen LogP contribution is 2.18. The lowest BCUT2D eigenvalue weighted by Crippen LogP contribution is -2.26. The van der Waals surface area contributed by atoms with Gasteiger partial charge in [0.25, 0.3) is 0 Å². The number of nitrogens with one attached hydrogen (secondary N) is 1. The predicted molar refractivity (Wildman–Crippen MR) is 64.4 cm³/mol. The van der Waals surface area contributed by atoms with Gasteiger partial charge in [0.2, 0.25) is 15.9 Å². The molecular weight excluding hydrogens is 261 g/mol. The van der Waals surface area contributed by atoms with E-state index < -0.39 is 21.7 Å². The maximum Gasteiger partial charge on any atom is 0.242 e. The number of carbonyl (C=O) groups excluding carboxylic acids is 1. The number of halogens is 1. The molecule has 1 amide bonds. The SMILES string of the molecule is NC(=O)CCCNS(=O)(=O)c1cc(F)ccc1N. The maximum absolute atomic E-state index is 13.0. The molecule has 0 saturated heterocycles. The molecule has 0 radical (unpaired) electrons. The Balaban J connectivity index is 2.74. The molecule has 0 aliphatic heterocycles. The van der Waals surface area contributed by atoms with Crippen LogP contribution >= 0.6 is 0 Å². The molecule has 0 aliphatic carbocycles. The first-order valence-electron chi connectivity index (χ1n) is 5.16. The average molecular weight is 275 g/mol. The molecule has 8 heteroatoms. The highest BCUT2D eigenvalue weighted by molar-refractivity contribution is 7.89. The van der Waals surface area contributed by atoms with E-state index in [4.69, 9.17) is 11.5 Å². The van der Waals surface area contributed by atoms with Crippen LogP contribution in [0.25, 0.3) is 0 Å². The molecule has 0 fully saturated rings. The smallest absolute Gasteiger partial charge is 0.242 e. The zero-order chi connectivity index (χ0) is 13.8. The predicted octanol–water partition coefficient (Wildman–Crippen LogP) is -0.0483. The molecule has 0 aliphatic rings.